The average Bonchev–Trinajstić information content (AvgIpc) is 3.12. The molecule has 0 unspecified atom stereocenters. The summed E-state index contributed by atoms with van der Waals surface area (Å²) in [6.45, 7) is 2.64. The summed E-state index contributed by atoms with van der Waals surface area (Å²) in [6, 6.07) is 15.4. The van der Waals surface area contributed by atoms with Gasteiger partial charge in [-0.1, -0.05) is 41.9 Å². The van der Waals surface area contributed by atoms with Crippen molar-refractivity contribution in [2.24, 2.45) is 0 Å². The van der Waals surface area contributed by atoms with Crippen LogP contribution in [0.3, 0.4) is 0 Å². The molecule has 0 bridgehead atoms. The number of anilines is 1. The summed E-state index contributed by atoms with van der Waals surface area (Å²) in [5.74, 6) is -0.0967. The highest BCUT2D eigenvalue weighted by atomic mass is 35.5. The molecular formula is C19H23ClN2O2S. The van der Waals surface area contributed by atoms with Crippen LogP contribution in [0.1, 0.15) is 24.0 Å². The first-order valence-corrected chi connectivity index (χ1v) is 10.6. The second-order valence-electron chi connectivity index (χ2n) is 6.36. The second kappa shape index (κ2) is 8.21. The molecule has 1 N–H and O–H groups in total. The van der Waals surface area contributed by atoms with Crippen LogP contribution in [0.4, 0.5) is 5.69 Å². The highest BCUT2D eigenvalue weighted by molar-refractivity contribution is 7.88. The molecular weight excluding hydrogens is 356 g/mol. The molecule has 0 radical (unpaired) electrons. The second-order valence-corrected chi connectivity index (χ2v) is 8.57. The molecule has 0 spiro atoms. The minimum absolute atomic E-state index is 0.0967. The molecule has 0 aliphatic carbocycles. The van der Waals surface area contributed by atoms with Crippen molar-refractivity contribution in [1.29, 1.82) is 0 Å². The number of nitrogens with zero attached hydrogens (tertiary/aromatic N) is 1. The summed E-state index contributed by atoms with van der Waals surface area (Å²) in [7, 11) is -3.39. The molecule has 1 fully saturated rings. The van der Waals surface area contributed by atoms with E-state index in [1.807, 2.05) is 0 Å². The maximum atomic E-state index is 12.2. The number of benzene rings is 2. The predicted octanol–water partition coefficient (Wildman–Crippen LogP) is 3.60. The Morgan fingerprint density at radius 3 is 2.36 bits per heavy atom. The van der Waals surface area contributed by atoms with Crippen LogP contribution in [0.15, 0.2) is 48.5 Å². The van der Waals surface area contributed by atoms with Gasteiger partial charge in [0.1, 0.15) is 0 Å². The maximum Gasteiger partial charge on any atom is 0.215 e. The highest BCUT2D eigenvalue weighted by Gasteiger charge is 2.14. The zero-order valence-corrected chi connectivity index (χ0v) is 15.7. The van der Waals surface area contributed by atoms with Crippen molar-refractivity contribution in [1.82, 2.24) is 4.72 Å². The Morgan fingerprint density at radius 1 is 1.00 bits per heavy atom. The molecule has 4 nitrogen and oxygen atoms in total. The smallest absolute Gasteiger partial charge is 0.215 e. The van der Waals surface area contributed by atoms with Gasteiger partial charge in [0.05, 0.1) is 5.75 Å². The fourth-order valence-corrected chi connectivity index (χ4v) is 4.53. The van der Waals surface area contributed by atoms with Crippen molar-refractivity contribution in [3.05, 3.63) is 64.7 Å². The van der Waals surface area contributed by atoms with Gasteiger partial charge in [0.2, 0.25) is 10.0 Å². The largest absolute Gasteiger partial charge is 0.372 e. The number of sulfonamides is 1. The molecule has 1 heterocycles. The Labute approximate surface area is 154 Å². The van der Waals surface area contributed by atoms with Crippen LogP contribution in [0.25, 0.3) is 0 Å². The summed E-state index contributed by atoms with van der Waals surface area (Å²) in [5, 5.41) is 0.477. The third kappa shape index (κ3) is 5.21. The molecule has 0 saturated carbocycles. The SMILES string of the molecule is O=S(=O)(Cc1ccccc1Cl)NCCc1ccc(N2CCCC2)cc1. The van der Waals surface area contributed by atoms with E-state index >= 15 is 0 Å². The minimum Gasteiger partial charge on any atom is -0.372 e. The van der Waals surface area contributed by atoms with Crippen LogP contribution >= 0.6 is 11.6 Å². The van der Waals surface area contributed by atoms with Crippen LogP contribution < -0.4 is 9.62 Å². The quantitative estimate of drug-likeness (QED) is 0.800. The minimum atomic E-state index is -3.39. The fraction of sp³-hybridized carbons (Fsp3) is 0.368. The number of hydrogen-bond acceptors (Lipinski definition) is 3. The Kier molecular flexibility index (Phi) is 5.99. The first-order chi connectivity index (χ1) is 12.0. The topological polar surface area (TPSA) is 49.4 Å². The van der Waals surface area contributed by atoms with E-state index in [4.69, 9.17) is 11.6 Å². The van der Waals surface area contributed by atoms with Crippen LogP contribution in [0.5, 0.6) is 0 Å². The number of hydrogen-bond donors (Lipinski definition) is 1. The van der Waals surface area contributed by atoms with E-state index in [-0.39, 0.29) is 5.75 Å². The zero-order chi connectivity index (χ0) is 17.7. The number of halogens is 1. The van der Waals surface area contributed by atoms with Gasteiger partial charge in [-0.25, -0.2) is 13.1 Å². The Hall–Kier alpha value is -1.56. The Bertz CT molecular complexity index is 800. The van der Waals surface area contributed by atoms with Gasteiger partial charge >= 0.3 is 0 Å². The lowest BCUT2D eigenvalue weighted by molar-refractivity contribution is 0.581. The molecule has 0 amide bonds. The van der Waals surface area contributed by atoms with Crippen molar-refractivity contribution < 1.29 is 8.42 Å². The van der Waals surface area contributed by atoms with Crippen LogP contribution in [0.2, 0.25) is 5.02 Å². The van der Waals surface area contributed by atoms with Crippen molar-refractivity contribution in [2.45, 2.75) is 25.0 Å². The van der Waals surface area contributed by atoms with Gasteiger partial charge in [-0.05, 0) is 48.6 Å². The van der Waals surface area contributed by atoms with E-state index in [0.717, 1.165) is 18.7 Å². The van der Waals surface area contributed by atoms with Gasteiger partial charge < -0.3 is 4.90 Å². The molecule has 1 aliphatic heterocycles. The van der Waals surface area contributed by atoms with Crippen LogP contribution in [-0.4, -0.2) is 28.1 Å². The Morgan fingerprint density at radius 2 is 1.68 bits per heavy atom. The van der Waals surface area contributed by atoms with E-state index < -0.39 is 10.0 Å². The molecule has 2 aromatic rings. The first kappa shape index (κ1) is 18.2. The van der Waals surface area contributed by atoms with E-state index in [1.165, 1.54) is 18.5 Å². The summed E-state index contributed by atoms with van der Waals surface area (Å²) in [4.78, 5) is 2.39. The standard InChI is InChI=1S/C19H23ClN2O2S/c20-19-6-2-1-5-17(19)15-25(23,24)21-12-11-16-7-9-18(10-8-16)22-13-3-4-14-22/h1-2,5-10,21H,3-4,11-15H2. The number of nitrogens with one attached hydrogen (secondary N) is 1. The third-order valence-electron chi connectivity index (χ3n) is 4.45. The Balaban J connectivity index is 1.50. The lowest BCUT2D eigenvalue weighted by atomic mass is 10.1. The van der Waals surface area contributed by atoms with Crippen LogP contribution in [-0.2, 0) is 22.2 Å². The number of rotatable bonds is 7. The summed E-state index contributed by atoms with van der Waals surface area (Å²) >= 11 is 6.03. The highest BCUT2D eigenvalue weighted by Crippen LogP contribution is 2.20. The van der Waals surface area contributed by atoms with Gasteiger partial charge in [-0.15, -0.1) is 0 Å². The molecule has 25 heavy (non-hydrogen) atoms. The fourth-order valence-electron chi connectivity index (χ4n) is 3.07. The molecule has 1 saturated heterocycles. The maximum absolute atomic E-state index is 12.2. The lowest BCUT2D eigenvalue weighted by Gasteiger charge is -2.17. The molecule has 6 heteroatoms. The van der Waals surface area contributed by atoms with Gasteiger partial charge in [0.25, 0.3) is 0 Å². The monoisotopic (exact) mass is 378 g/mol. The zero-order valence-electron chi connectivity index (χ0n) is 14.1. The van der Waals surface area contributed by atoms with Crippen molar-refractivity contribution >= 4 is 27.3 Å². The average molecular weight is 379 g/mol. The van der Waals surface area contributed by atoms with Crippen molar-refractivity contribution in [3.8, 4) is 0 Å². The summed E-state index contributed by atoms with van der Waals surface area (Å²) in [5.41, 5.74) is 3.00. The molecule has 2 aromatic carbocycles. The van der Waals surface area contributed by atoms with E-state index in [9.17, 15) is 8.42 Å². The van der Waals surface area contributed by atoms with Crippen molar-refractivity contribution in [2.75, 3.05) is 24.5 Å². The molecule has 1 aliphatic rings. The summed E-state index contributed by atoms with van der Waals surface area (Å²) < 4.78 is 27.0. The first-order valence-electron chi connectivity index (χ1n) is 8.58. The molecule has 0 aromatic heterocycles. The normalized spacial score (nSPS) is 14.8. The van der Waals surface area contributed by atoms with E-state index in [1.54, 1.807) is 24.3 Å². The van der Waals surface area contributed by atoms with E-state index in [0.29, 0.717) is 23.6 Å². The third-order valence-corrected chi connectivity index (χ3v) is 6.15. The molecule has 134 valence electrons. The van der Waals surface area contributed by atoms with Gasteiger partial charge in [-0.2, -0.15) is 0 Å². The van der Waals surface area contributed by atoms with Gasteiger partial charge in [-0.3, -0.25) is 0 Å². The van der Waals surface area contributed by atoms with E-state index in [2.05, 4.69) is 33.9 Å². The molecule has 3 rings (SSSR count). The predicted molar refractivity (Wildman–Crippen MR) is 104 cm³/mol. The van der Waals surface area contributed by atoms with Gasteiger partial charge in [0, 0.05) is 30.3 Å². The lowest BCUT2D eigenvalue weighted by Crippen LogP contribution is -2.27. The molecule has 0 atom stereocenters. The van der Waals surface area contributed by atoms with Gasteiger partial charge in [0.15, 0.2) is 0 Å². The summed E-state index contributed by atoms with van der Waals surface area (Å²) in [6.07, 6.45) is 3.19. The van der Waals surface area contributed by atoms with Crippen molar-refractivity contribution in [3.63, 3.8) is 0 Å². The van der Waals surface area contributed by atoms with Crippen LogP contribution in [0, 0.1) is 0 Å².